The molecule has 1 N–H and O–H groups in total. The zero-order valence-corrected chi connectivity index (χ0v) is 9.18. The third-order valence-corrected chi connectivity index (χ3v) is 2.71. The highest BCUT2D eigenvalue weighted by molar-refractivity contribution is 5.80. The fraction of sp³-hybridized carbons (Fsp3) is 0.0833. The van der Waals surface area contributed by atoms with Gasteiger partial charge in [0.25, 0.3) is 0 Å². The number of aromatic nitrogens is 4. The molecule has 0 aliphatic heterocycles. The fourth-order valence-corrected chi connectivity index (χ4v) is 1.89. The van der Waals surface area contributed by atoms with Crippen molar-refractivity contribution in [1.82, 2.24) is 19.7 Å². The molecule has 5 nitrogen and oxygen atoms in total. The Morgan fingerprint density at radius 1 is 1.35 bits per heavy atom. The number of benzene rings is 1. The number of nitrogens with zero attached hydrogens (tertiary/aromatic N) is 4. The Balaban J connectivity index is 2.19. The number of fused-ring (bicyclic) bond motifs is 1. The van der Waals surface area contributed by atoms with Crippen molar-refractivity contribution in [3.63, 3.8) is 0 Å². The summed E-state index contributed by atoms with van der Waals surface area (Å²) >= 11 is 0. The van der Waals surface area contributed by atoms with Crippen LogP contribution in [0.5, 0.6) is 0 Å². The third kappa shape index (κ3) is 1.47. The van der Waals surface area contributed by atoms with E-state index in [4.69, 9.17) is 5.26 Å². The minimum absolute atomic E-state index is 0.423. The van der Waals surface area contributed by atoms with Crippen LogP contribution in [-0.2, 0) is 7.05 Å². The predicted octanol–water partition coefficient (Wildman–Crippen LogP) is 1.84. The number of rotatable bonds is 1. The molecule has 3 rings (SSSR count). The smallest absolute Gasteiger partial charge is 0.163 e. The van der Waals surface area contributed by atoms with Crippen LogP contribution in [0.4, 0.5) is 0 Å². The molecule has 2 aromatic heterocycles. The largest absolute Gasteiger partial charge is 0.345 e. The van der Waals surface area contributed by atoms with Crippen molar-refractivity contribution in [2.45, 2.75) is 0 Å². The molecule has 3 aromatic rings. The van der Waals surface area contributed by atoms with Gasteiger partial charge in [0.2, 0.25) is 0 Å². The number of aromatic amines is 1. The number of nitriles is 1. The summed E-state index contributed by atoms with van der Waals surface area (Å²) in [5.41, 5.74) is 4.25. The molecular formula is C12H9N5. The van der Waals surface area contributed by atoms with Gasteiger partial charge in [-0.3, -0.25) is 4.68 Å². The Labute approximate surface area is 97.3 Å². The highest BCUT2D eigenvalue weighted by Gasteiger charge is 2.08. The molecule has 0 spiro atoms. The van der Waals surface area contributed by atoms with E-state index >= 15 is 0 Å². The molecule has 0 atom stereocenters. The van der Waals surface area contributed by atoms with Crippen molar-refractivity contribution in [2.75, 3.05) is 0 Å². The lowest BCUT2D eigenvalue weighted by Crippen LogP contribution is -1.93. The average Bonchev–Trinajstić information content (AvgIpc) is 2.93. The van der Waals surface area contributed by atoms with Crippen molar-refractivity contribution in [2.24, 2.45) is 7.05 Å². The van der Waals surface area contributed by atoms with Gasteiger partial charge in [0.15, 0.2) is 5.69 Å². The number of imidazole rings is 1. The topological polar surface area (TPSA) is 70.3 Å². The number of nitrogens with one attached hydrogen (secondary N) is 1. The monoisotopic (exact) mass is 223 g/mol. The van der Waals surface area contributed by atoms with Gasteiger partial charge in [0, 0.05) is 18.7 Å². The fourth-order valence-electron chi connectivity index (χ4n) is 1.89. The van der Waals surface area contributed by atoms with Gasteiger partial charge in [-0.15, -0.1) is 0 Å². The van der Waals surface area contributed by atoms with Crippen molar-refractivity contribution in [1.29, 1.82) is 5.26 Å². The van der Waals surface area contributed by atoms with Crippen LogP contribution in [0.25, 0.3) is 22.3 Å². The van der Waals surface area contributed by atoms with Gasteiger partial charge in [0.05, 0.1) is 23.1 Å². The maximum atomic E-state index is 8.82. The van der Waals surface area contributed by atoms with E-state index in [-0.39, 0.29) is 0 Å². The summed E-state index contributed by atoms with van der Waals surface area (Å²) in [7, 11) is 1.83. The van der Waals surface area contributed by atoms with Crippen LogP contribution in [0.3, 0.4) is 0 Å². The molecule has 0 aliphatic carbocycles. The number of H-pyrrole nitrogens is 1. The van der Waals surface area contributed by atoms with E-state index in [1.54, 1.807) is 17.1 Å². The van der Waals surface area contributed by atoms with Gasteiger partial charge in [-0.25, -0.2) is 4.98 Å². The maximum absolute atomic E-state index is 8.82. The normalized spacial score (nSPS) is 10.6. The summed E-state index contributed by atoms with van der Waals surface area (Å²) in [6.07, 6.45) is 1.67. The Bertz CT molecular complexity index is 729. The Morgan fingerprint density at radius 3 is 3.00 bits per heavy atom. The summed E-state index contributed by atoms with van der Waals surface area (Å²) in [4.78, 5) is 7.23. The average molecular weight is 223 g/mol. The van der Waals surface area contributed by atoms with Gasteiger partial charge in [-0.2, -0.15) is 10.4 Å². The van der Waals surface area contributed by atoms with Gasteiger partial charge in [-0.05, 0) is 12.1 Å². The highest BCUT2D eigenvalue weighted by atomic mass is 15.3. The SMILES string of the molecule is Cn1nc(C#N)cc1-c1ccc2nc[nH]c2c1. The molecule has 2 heterocycles. The van der Waals surface area contributed by atoms with Crippen LogP contribution in [0.15, 0.2) is 30.6 Å². The molecule has 0 bridgehead atoms. The van der Waals surface area contributed by atoms with E-state index in [2.05, 4.69) is 15.1 Å². The molecule has 5 heteroatoms. The lowest BCUT2D eigenvalue weighted by atomic mass is 10.1. The summed E-state index contributed by atoms with van der Waals surface area (Å²) in [5.74, 6) is 0. The van der Waals surface area contributed by atoms with Crippen LogP contribution in [0.2, 0.25) is 0 Å². The van der Waals surface area contributed by atoms with Crippen molar-refractivity contribution in [3.05, 3.63) is 36.3 Å². The summed E-state index contributed by atoms with van der Waals surface area (Å²) in [5, 5.41) is 12.9. The molecule has 82 valence electrons. The maximum Gasteiger partial charge on any atom is 0.163 e. The Kier molecular flexibility index (Phi) is 1.95. The van der Waals surface area contributed by atoms with Crippen molar-refractivity contribution < 1.29 is 0 Å². The zero-order valence-electron chi connectivity index (χ0n) is 9.18. The Hall–Kier alpha value is -2.61. The van der Waals surface area contributed by atoms with Gasteiger partial charge >= 0.3 is 0 Å². The Morgan fingerprint density at radius 2 is 2.24 bits per heavy atom. The van der Waals surface area contributed by atoms with E-state index in [1.807, 2.05) is 31.3 Å². The van der Waals surface area contributed by atoms with Gasteiger partial charge in [-0.1, -0.05) is 6.07 Å². The van der Waals surface area contributed by atoms with Crippen LogP contribution >= 0.6 is 0 Å². The van der Waals surface area contributed by atoms with E-state index in [1.165, 1.54) is 0 Å². The third-order valence-electron chi connectivity index (χ3n) is 2.71. The second-order valence-electron chi connectivity index (χ2n) is 3.78. The quantitative estimate of drug-likeness (QED) is 0.684. The first-order valence-corrected chi connectivity index (χ1v) is 5.15. The summed E-state index contributed by atoms with van der Waals surface area (Å²) in [6, 6.07) is 9.73. The molecule has 0 fully saturated rings. The molecule has 0 amide bonds. The molecule has 0 radical (unpaired) electrons. The zero-order chi connectivity index (χ0) is 11.8. The molecule has 0 unspecified atom stereocenters. The van der Waals surface area contributed by atoms with Gasteiger partial charge in [0.1, 0.15) is 6.07 Å². The predicted molar refractivity (Wildman–Crippen MR) is 63.0 cm³/mol. The second kappa shape index (κ2) is 3.46. The second-order valence-corrected chi connectivity index (χ2v) is 3.78. The molecule has 0 saturated carbocycles. The minimum Gasteiger partial charge on any atom is -0.345 e. The lowest BCUT2D eigenvalue weighted by molar-refractivity contribution is 0.771. The molecule has 1 aromatic carbocycles. The van der Waals surface area contributed by atoms with Crippen molar-refractivity contribution in [3.8, 4) is 17.3 Å². The first-order valence-electron chi connectivity index (χ1n) is 5.15. The van der Waals surface area contributed by atoms with Crippen LogP contribution in [0, 0.1) is 11.3 Å². The number of aryl methyl sites for hydroxylation is 1. The first-order chi connectivity index (χ1) is 8.28. The molecule has 17 heavy (non-hydrogen) atoms. The highest BCUT2D eigenvalue weighted by Crippen LogP contribution is 2.22. The van der Waals surface area contributed by atoms with E-state index in [9.17, 15) is 0 Å². The first kappa shape index (κ1) is 9.60. The molecule has 0 saturated heterocycles. The van der Waals surface area contributed by atoms with Crippen LogP contribution < -0.4 is 0 Å². The number of hydrogen-bond acceptors (Lipinski definition) is 3. The lowest BCUT2D eigenvalue weighted by Gasteiger charge is -2.01. The number of hydrogen-bond donors (Lipinski definition) is 1. The standard InChI is InChI=1S/C12H9N5/c1-17-12(5-9(6-13)16-17)8-2-3-10-11(4-8)15-7-14-10/h2-5,7H,1H3,(H,14,15). The minimum atomic E-state index is 0.423. The van der Waals surface area contributed by atoms with Gasteiger partial charge < -0.3 is 4.98 Å². The van der Waals surface area contributed by atoms with E-state index < -0.39 is 0 Å². The van der Waals surface area contributed by atoms with E-state index in [0.717, 1.165) is 22.3 Å². The van der Waals surface area contributed by atoms with Crippen LogP contribution in [0.1, 0.15) is 5.69 Å². The van der Waals surface area contributed by atoms with Crippen LogP contribution in [-0.4, -0.2) is 19.7 Å². The molecular weight excluding hydrogens is 214 g/mol. The van der Waals surface area contributed by atoms with Crippen molar-refractivity contribution >= 4 is 11.0 Å². The van der Waals surface area contributed by atoms with E-state index in [0.29, 0.717) is 5.69 Å². The summed E-state index contributed by atoms with van der Waals surface area (Å²) in [6.45, 7) is 0. The molecule has 0 aliphatic rings. The summed E-state index contributed by atoms with van der Waals surface area (Å²) < 4.78 is 1.70.